The molecule has 1 N–H and O–H groups in total. The van der Waals surface area contributed by atoms with Gasteiger partial charge in [-0.1, -0.05) is 0 Å². The van der Waals surface area contributed by atoms with E-state index in [1.807, 2.05) is 0 Å². The van der Waals surface area contributed by atoms with Gasteiger partial charge in [-0.2, -0.15) is 0 Å². The third-order valence-electron chi connectivity index (χ3n) is 3.00. The number of esters is 1. The second kappa shape index (κ2) is 5.03. The Kier molecular flexibility index (Phi) is 3.46. The molecule has 1 saturated heterocycles. The minimum atomic E-state index is -0.601. The van der Waals surface area contributed by atoms with Crippen molar-refractivity contribution in [1.29, 1.82) is 0 Å². The third kappa shape index (κ3) is 2.49. The molecule has 0 saturated carbocycles. The molecular weight excluding hydrogens is 220 g/mol. The van der Waals surface area contributed by atoms with Gasteiger partial charge in [0, 0.05) is 13.1 Å². The molecule has 17 heavy (non-hydrogen) atoms. The van der Waals surface area contributed by atoms with Crippen molar-refractivity contribution in [2.24, 2.45) is 0 Å². The number of carbonyl (C=O) groups excluding carboxylic acids is 1. The van der Waals surface area contributed by atoms with E-state index in [-0.39, 0.29) is 11.1 Å². The van der Waals surface area contributed by atoms with Crippen molar-refractivity contribution in [3.05, 3.63) is 28.0 Å². The van der Waals surface area contributed by atoms with Gasteiger partial charge in [-0.25, -0.2) is 4.79 Å². The van der Waals surface area contributed by atoms with E-state index in [0.29, 0.717) is 0 Å². The van der Waals surface area contributed by atoms with E-state index < -0.39 is 5.97 Å². The summed E-state index contributed by atoms with van der Waals surface area (Å²) in [5.74, 6) is 0.179. The normalized spacial score (nSPS) is 15.7. The van der Waals surface area contributed by atoms with Crippen molar-refractivity contribution in [3.63, 3.8) is 0 Å². The molecule has 2 rings (SSSR count). The number of methoxy groups -OCH3 is 1. The first-order chi connectivity index (χ1) is 8.22. The Hall–Kier alpha value is -1.78. The molecule has 0 atom stereocenters. The number of ether oxygens (including phenoxy) is 1. The number of H-pyrrole nitrogens is 1. The number of nitrogens with zero attached hydrogens (tertiary/aromatic N) is 1. The Bertz CT molecular complexity index is 461. The number of hydrogen-bond donors (Lipinski definition) is 1. The van der Waals surface area contributed by atoms with Crippen LogP contribution in [0.4, 0.5) is 5.82 Å². The molecule has 92 valence electrons. The SMILES string of the molecule is COC(=O)c1ccc(N2CCCCC2)[nH]c1=O. The Labute approximate surface area is 99.4 Å². The quantitative estimate of drug-likeness (QED) is 0.782. The van der Waals surface area contributed by atoms with Gasteiger partial charge >= 0.3 is 5.97 Å². The molecule has 0 bridgehead atoms. The van der Waals surface area contributed by atoms with Crippen LogP contribution < -0.4 is 10.5 Å². The number of hydrogen-bond acceptors (Lipinski definition) is 4. The van der Waals surface area contributed by atoms with Crippen LogP contribution in [0.2, 0.25) is 0 Å². The predicted octanol–water partition coefficient (Wildman–Crippen LogP) is 1.15. The van der Waals surface area contributed by atoms with Crippen molar-refractivity contribution in [2.45, 2.75) is 19.3 Å². The van der Waals surface area contributed by atoms with Gasteiger partial charge < -0.3 is 14.6 Å². The number of piperidine rings is 1. The monoisotopic (exact) mass is 236 g/mol. The molecule has 1 fully saturated rings. The maximum Gasteiger partial charge on any atom is 0.343 e. The molecule has 1 aromatic heterocycles. The van der Waals surface area contributed by atoms with Crippen LogP contribution in [0.5, 0.6) is 0 Å². The molecule has 1 aliphatic rings. The fraction of sp³-hybridized carbons (Fsp3) is 0.500. The van der Waals surface area contributed by atoms with E-state index in [9.17, 15) is 9.59 Å². The van der Waals surface area contributed by atoms with Crippen LogP contribution in [-0.4, -0.2) is 31.2 Å². The van der Waals surface area contributed by atoms with Crippen molar-refractivity contribution in [2.75, 3.05) is 25.1 Å². The van der Waals surface area contributed by atoms with Crippen molar-refractivity contribution >= 4 is 11.8 Å². The van der Waals surface area contributed by atoms with Gasteiger partial charge in [-0.3, -0.25) is 4.79 Å². The minimum Gasteiger partial charge on any atom is -0.465 e. The lowest BCUT2D eigenvalue weighted by molar-refractivity contribution is 0.0598. The Morgan fingerprint density at radius 1 is 1.29 bits per heavy atom. The molecule has 0 aliphatic carbocycles. The van der Waals surface area contributed by atoms with Crippen LogP contribution in [-0.2, 0) is 4.74 Å². The molecular formula is C12H16N2O3. The molecule has 0 amide bonds. The number of nitrogens with one attached hydrogen (secondary N) is 1. The first-order valence-electron chi connectivity index (χ1n) is 5.79. The van der Waals surface area contributed by atoms with Gasteiger partial charge in [-0.15, -0.1) is 0 Å². The van der Waals surface area contributed by atoms with E-state index >= 15 is 0 Å². The number of aromatic nitrogens is 1. The van der Waals surface area contributed by atoms with E-state index in [1.54, 1.807) is 6.07 Å². The van der Waals surface area contributed by atoms with Gasteiger partial charge in [-0.05, 0) is 31.4 Å². The summed E-state index contributed by atoms with van der Waals surface area (Å²) in [7, 11) is 1.26. The fourth-order valence-corrected chi connectivity index (χ4v) is 2.05. The number of anilines is 1. The van der Waals surface area contributed by atoms with Gasteiger partial charge in [0.15, 0.2) is 0 Å². The summed E-state index contributed by atoms with van der Waals surface area (Å²) in [4.78, 5) is 27.8. The summed E-state index contributed by atoms with van der Waals surface area (Å²) >= 11 is 0. The molecule has 5 heteroatoms. The number of carbonyl (C=O) groups is 1. The largest absolute Gasteiger partial charge is 0.465 e. The summed E-state index contributed by atoms with van der Waals surface area (Å²) in [5.41, 5.74) is -0.340. The third-order valence-corrected chi connectivity index (χ3v) is 3.00. The van der Waals surface area contributed by atoms with Crippen LogP contribution >= 0.6 is 0 Å². The molecule has 1 aromatic rings. The Morgan fingerprint density at radius 3 is 2.59 bits per heavy atom. The van der Waals surface area contributed by atoms with E-state index in [1.165, 1.54) is 19.6 Å². The maximum absolute atomic E-state index is 11.7. The standard InChI is InChI=1S/C12H16N2O3/c1-17-12(16)9-5-6-10(13-11(9)15)14-7-3-2-4-8-14/h5-6H,2-4,7-8H2,1H3,(H,13,15). The molecule has 5 nitrogen and oxygen atoms in total. The minimum absolute atomic E-state index is 0.0493. The van der Waals surface area contributed by atoms with Gasteiger partial charge in [0.1, 0.15) is 11.4 Å². The van der Waals surface area contributed by atoms with Crippen LogP contribution in [0.3, 0.4) is 0 Å². The van der Waals surface area contributed by atoms with Crippen LogP contribution in [0, 0.1) is 0 Å². The number of rotatable bonds is 2. The summed E-state index contributed by atoms with van der Waals surface area (Å²) < 4.78 is 4.53. The number of aromatic amines is 1. The second-order valence-electron chi connectivity index (χ2n) is 4.13. The average Bonchev–Trinajstić information content (AvgIpc) is 2.39. The van der Waals surface area contributed by atoms with Gasteiger partial charge in [0.2, 0.25) is 0 Å². The highest BCUT2D eigenvalue weighted by Gasteiger charge is 2.15. The van der Waals surface area contributed by atoms with Crippen molar-refractivity contribution in [3.8, 4) is 0 Å². The molecule has 0 spiro atoms. The van der Waals surface area contributed by atoms with Gasteiger partial charge in [0.25, 0.3) is 5.56 Å². The molecule has 0 unspecified atom stereocenters. The fourth-order valence-electron chi connectivity index (χ4n) is 2.05. The highest BCUT2D eigenvalue weighted by atomic mass is 16.5. The average molecular weight is 236 g/mol. The summed E-state index contributed by atoms with van der Waals surface area (Å²) in [6.07, 6.45) is 3.52. The summed E-state index contributed by atoms with van der Waals surface area (Å²) in [5, 5.41) is 0. The second-order valence-corrected chi connectivity index (χ2v) is 4.13. The molecule has 0 aromatic carbocycles. The van der Waals surface area contributed by atoms with Crippen molar-refractivity contribution < 1.29 is 9.53 Å². The van der Waals surface area contributed by atoms with E-state index in [0.717, 1.165) is 31.7 Å². The smallest absolute Gasteiger partial charge is 0.343 e. The van der Waals surface area contributed by atoms with E-state index in [4.69, 9.17) is 0 Å². The zero-order valence-corrected chi connectivity index (χ0v) is 9.86. The first kappa shape index (κ1) is 11.7. The van der Waals surface area contributed by atoms with E-state index in [2.05, 4.69) is 14.6 Å². The Balaban J connectivity index is 2.24. The lowest BCUT2D eigenvalue weighted by atomic mass is 10.1. The summed E-state index contributed by atoms with van der Waals surface area (Å²) in [6.45, 7) is 1.90. The molecule has 2 heterocycles. The zero-order valence-electron chi connectivity index (χ0n) is 9.86. The van der Waals surface area contributed by atoms with Crippen molar-refractivity contribution in [1.82, 2.24) is 4.98 Å². The zero-order chi connectivity index (χ0) is 12.3. The molecule has 0 radical (unpaired) electrons. The highest BCUT2D eigenvalue weighted by molar-refractivity contribution is 5.89. The van der Waals surface area contributed by atoms with Crippen LogP contribution in [0.15, 0.2) is 16.9 Å². The lowest BCUT2D eigenvalue weighted by Gasteiger charge is -2.28. The summed E-state index contributed by atoms with van der Waals surface area (Å²) in [6, 6.07) is 3.29. The highest BCUT2D eigenvalue weighted by Crippen LogP contribution is 2.16. The molecule has 1 aliphatic heterocycles. The topological polar surface area (TPSA) is 62.4 Å². The first-order valence-corrected chi connectivity index (χ1v) is 5.79. The maximum atomic E-state index is 11.7. The van der Waals surface area contributed by atoms with Crippen LogP contribution in [0.1, 0.15) is 29.6 Å². The lowest BCUT2D eigenvalue weighted by Crippen LogP contribution is -2.32. The Morgan fingerprint density at radius 2 is 2.00 bits per heavy atom. The van der Waals surface area contributed by atoms with Crippen LogP contribution in [0.25, 0.3) is 0 Å². The van der Waals surface area contributed by atoms with Gasteiger partial charge in [0.05, 0.1) is 7.11 Å². The number of pyridine rings is 1. The predicted molar refractivity (Wildman–Crippen MR) is 64.5 cm³/mol.